The van der Waals surface area contributed by atoms with Crippen LogP contribution in [0.1, 0.15) is 28.2 Å². The first-order chi connectivity index (χ1) is 10.9. The van der Waals surface area contributed by atoms with Crippen LogP contribution in [0.3, 0.4) is 0 Å². The van der Waals surface area contributed by atoms with Gasteiger partial charge in [0, 0.05) is 13.5 Å². The molecule has 0 atom stereocenters. The Kier molecular flexibility index (Phi) is 5.10. The number of anilines is 1. The van der Waals surface area contributed by atoms with Crippen molar-refractivity contribution in [1.82, 2.24) is 9.78 Å². The Morgan fingerprint density at radius 3 is 2.70 bits per heavy atom. The van der Waals surface area contributed by atoms with Gasteiger partial charge in [0.15, 0.2) is 5.69 Å². The maximum absolute atomic E-state index is 13.5. The van der Waals surface area contributed by atoms with Crippen LogP contribution in [-0.2, 0) is 23.0 Å². The van der Waals surface area contributed by atoms with Gasteiger partial charge in [-0.05, 0) is 25.0 Å². The van der Waals surface area contributed by atoms with Crippen molar-refractivity contribution in [3.63, 3.8) is 0 Å². The Morgan fingerprint density at radius 2 is 2.04 bits per heavy atom. The number of methoxy groups -OCH3 is 1. The van der Waals surface area contributed by atoms with E-state index in [-0.39, 0.29) is 30.3 Å². The number of carbonyl (C=O) groups excluding carboxylic acids is 2. The molecule has 0 fully saturated rings. The average molecular weight is 319 g/mol. The number of nitrogens with zero attached hydrogens (tertiary/aromatic N) is 2. The van der Waals surface area contributed by atoms with Gasteiger partial charge in [0.05, 0.1) is 18.5 Å². The summed E-state index contributed by atoms with van der Waals surface area (Å²) in [4.78, 5) is 23.9. The average Bonchev–Trinajstić information content (AvgIpc) is 2.79. The van der Waals surface area contributed by atoms with E-state index in [2.05, 4.69) is 10.4 Å². The van der Waals surface area contributed by atoms with E-state index < -0.39 is 5.97 Å². The van der Waals surface area contributed by atoms with E-state index in [9.17, 15) is 14.0 Å². The van der Waals surface area contributed by atoms with E-state index >= 15 is 0 Å². The Labute approximate surface area is 133 Å². The minimum atomic E-state index is -0.586. The molecule has 7 heteroatoms. The minimum Gasteiger partial charge on any atom is -0.464 e. The molecule has 23 heavy (non-hydrogen) atoms. The number of ether oxygens (including phenoxy) is 1. The lowest BCUT2D eigenvalue weighted by Crippen LogP contribution is -2.17. The Hall–Kier alpha value is -2.70. The minimum absolute atomic E-state index is 0.0931. The molecular formula is C16H18FN3O3. The molecule has 0 radical (unpaired) electrons. The van der Waals surface area contributed by atoms with Crippen molar-refractivity contribution in [3.05, 3.63) is 47.0 Å². The van der Waals surface area contributed by atoms with Crippen LogP contribution in [0.5, 0.6) is 0 Å². The standard InChI is InChI=1S/C16H18FN3O3/c1-10-14(15(16(22)23-3)20(2)19-10)18-13(21)9-8-11-6-4-5-7-12(11)17/h4-7H,8-9H2,1-3H3,(H,18,21). The lowest BCUT2D eigenvalue weighted by molar-refractivity contribution is -0.116. The molecule has 2 rings (SSSR count). The molecular weight excluding hydrogens is 301 g/mol. The number of hydrogen-bond acceptors (Lipinski definition) is 4. The predicted octanol–water partition coefficient (Wildman–Crippen LogP) is 2.23. The number of rotatable bonds is 5. The van der Waals surface area contributed by atoms with Crippen molar-refractivity contribution in [1.29, 1.82) is 0 Å². The van der Waals surface area contributed by atoms with Crippen LogP contribution < -0.4 is 5.32 Å². The quantitative estimate of drug-likeness (QED) is 0.858. The predicted molar refractivity (Wildman–Crippen MR) is 82.6 cm³/mol. The molecule has 0 aliphatic heterocycles. The summed E-state index contributed by atoms with van der Waals surface area (Å²) in [5, 5.41) is 6.77. The van der Waals surface area contributed by atoms with Gasteiger partial charge in [-0.3, -0.25) is 9.48 Å². The van der Waals surface area contributed by atoms with E-state index in [1.807, 2.05) is 0 Å². The molecule has 0 spiro atoms. The fourth-order valence-electron chi connectivity index (χ4n) is 2.29. The van der Waals surface area contributed by atoms with E-state index in [4.69, 9.17) is 4.74 Å². The SMILES string of the molecule is COC(=O)c1c(NC(=O)CCc2ccccc2F)c(C)nn1C. The first-order valence-electron chi connectivity index (χ1n) is 7.09. The highest BCUT2D eigenvalue weighted by Crippen LogP contribution is 2.21. The maximum Gasteiger partial charge on any atom is 0.358 e. The van der Waals surface area contributed by atoms with Gasteiger partial charge in [0.2, 0.25) is 5.91 Å². The lowest BCUT2D eigenvalue weighted by atomic mass is 10.1. The van der Waals surface area contributed by atoms with Gasteiger partial charge in [-0.15, -0.1) is 0 Å². The van der Waals surface area contributed by atoms with Gasteiger partial charge in [0.25, 0.3) is 0 Å². The molecule has 2 aromatic rings. The van der Waals surface area contributed by atoms with Crippen molar-refractivity contribution in [2.75, 3.05) is 12.4 Å². The molecule has 1 N–H and O–H groups in total. The zero-order valence-electron chi connectivity index (χ0n) is 13.2. The summed E-state index contributed by atoms with van der Waals surface area (Å²) >= 11 is 0. The number of nitrogens with one attached hydrogen (secondary N) is 1. The first-order valence-corrected chi connectivity index (χ1v) is 7.09. The number of hydrogen-bond donors (Lipinski definition) is 1. The summed E-state index contributed by atoms with van der Waals surface area (Å²) in [6.45, 7) is 1.68. The molecule has 1 heterocycles. The van der Waals surface area contributed by atoms with Crippen molar-refractivity contribution < 1.29 is 18.7 Å². The molecule has 122 valence electrons. The molecule has 1 amide bonds. The summed E-state index contributed by atoms with van der Waals surface area (Å²) in [5.41, 5.74) is 1.47. The second kappa shape index (κ2) is 7.04. The van der Waals surface area contributed by atoms with Gasteiger partial charge in [-0.1, -0.05) is 18.2 Å². The number of benzene rings is 1. The number of aryl methyl sites for hydroxylation is 3. The van der Waals surface area contributed by atoms with Crippen LogP contribution in [0.4, 0.5) is 10.1 Å². The van der Waals surface area contributed by atoms with E-state index in [1.54, 1.807) is 32.2 Å². The van der Waals surface area contributed by atoms with Gasteiger partial charge in [0.1, 0.15) is 5.82 Å². The monoisotopic (exact) mass is 319 g/mol. The molecule has 0 aliphatic carbocycles. The third kappa shape index (κ3) is 3.74. The van der Waals surface area contributed by atoms with Crippen LogP contribution in [0.25, 0.3) is 0 Å². The van der Waals surface area contributed by atoms with Crippen molar-refractivity contribution in [3.8, 4) is 0 Å². The van der Waals surface area contributed by atoms with E-state index in [0.717, 1.165) is 0 Å². The number of esters is 1. The third-order valence-electron chi connectivity index (χ3n) is 3.44. The zero-order chi connectivity index (χ0) is 17.0. The van der Waals surface area contributed by atoms with Gasteiger partial charge < -0.3 is 10.1 Å². The second-order valence-corrected chi connectivity index (χ2v) is 5.06. The van der Waals surface area contributed by atoms with Crippen LogP contribution >= 0.6 is 0 Å². The molecule has 1 aromatic heterocycles. The summed E-state index contributed by atoms with van der Waals surface area (Å²) in [5.74, 6) is -1.25. The van der Waals surface area contributed by atoms with Crippen molar-refractivity contribution in [2.45, 2.75) is 19.8 Å². The molecule has 1 aromatic carbocycles. The second-order valence-electron chi connectivity index (χ2n) is 5.06. The maximum atomic E-state index is 13.5. The molecule has 6 nitrogen and oxygen atoms in total. The lowest BCUT2D eigenvalue weighted by Gasteiger charge is -2.07. The normalized spacial score (nSPS) is 10.4. The highest BCUT2D eigenvalue weighted by atomic mass is 19.1. The fourth-order valence-corrected chi connectivity index (χ4v) is 2.29. The smallest absolute Gasteiger partial charge is 0.358 e. The third-order valence-corrected chi connectivity index (χ3v) is 3.44. The van der Waals surface area contributed by atoms with Crippen LogP contribution in [-0.4, -0.2) is 28.8 Å². The Balaban J connectivity index is 2.09. The van der Waals surface area contributed by atoms with E-state index in [0.29, 0.717) is 16.9 Å². The number of halogens is 1. The topological polar surface area (TPSA) is 73.2 Å². The summed E-state index contributed by atoms with van der Waals surface area (Å²) in [6.07, 6.45) is 0.362. The molecule has 0 aliphatic rings. The molecule has 0 bridgehead atoms. The summed E-state index contributed by atoms with van der Waals surface area (Å²) in [7, 11) is 2.85. The Bertz CT molecular complexity index is 740. The van der Waals surface area contributed by atoms with Crippen LogP contribution in [0.2, 0.25) is 0 Å². The van der Waals surface area contributed by atoms with Gasteiger partial charge >= 0.3 is 5.97 Å². The van der Waals surface area contributed by atoms with Crippen molar-refractivity contribution in [2.24, 2.45) is 7.05 Å². The molecule has 0 saturated carbocycles. The first kappa shape index (κ1) is 16.7. The number of aromatic nitrogens is 2. The van der Waals surface area contributed by atoms with Crippen LogP contribution in [0, 0.1) is 12.7 Å². The Morgan fingerprint density at radius 1 is 1.35 bits per heavy atom. The van der Waals surface area contributed by atoms with Crippen LogP contribution in [0.15, 0.2) is 24.3 Å². The van der Waals surface area contributed by atoms with Gasteiger partial charge in [-0.25, -0.2) is 9.18 Å². The van der Waals surface area contributed by atoms with Crippen molar-refractivity contribution >= 4 is 17.6 Å². The molecule has 0 saturated heterocycles. The summed E-state index contributed by atoms with van der Waals surface area (Å²) < 4.78 is 19.6. The highest BCUT2D eigenvalue weighted by molar-refractivity contribution is 6.00. The van der Waals surface area contributed by atoms with Gasteiger partial charge in [-0.2, -0.15) is 5.10 Å². The fraction of sp³-hybridized carbons (Fsp3) is 0.312. The highest BCUT2D eigenvalue weighted by Gasteiger charge is 2.22. The largest absolute Gasteiger partial charge is 0.464 e. The zero-order valence-corrected chi connectivity index (χ0v) is 13.2. The van der Waals surface area contributed by atoms with E-state index in [1.165, 1.54) is 17.9 Å². The number of carbonyl (C=O) groups is 2. The number of amides is 1. The molecule has 0 unspecified atom stereocenters. The summed E-state index contributed by atoms with van der Waals surface area (Å²) in [6, 6.07) is 6.31.